The highest BCUT2D eigenvalue weighted by atomic mass is 15.2. The maximum Gasteiger partial charge on any atom is 0.0239 e. The van der Waals surface area contributed by atoms with Crippen LogP contribution < -0.4 is 0 Å². The van der Waals surface area contributed by atoms with E-state index in [1.165, 1.54) is 5.56 Å². The summed E-state index contributed by atoms with van der Waals surface area (Å²) in [4.78, 5) is 2.48. The molecule has 1 aromatic carbocycles. The Morgan fingerprint density at radius 3 is 2.00 bits per heavy atom. The van der Waals surface area contributed by atoms with Crippen molar-refractivity contribution in [1.29, 1.82) is 0 Å². The molecule has 0 aliphatic rings. The lowest BCUT2D eigenvalue weighted by atomic mass is 10.1. The fourth-order valence-electron chi connectivity index (χ4n) is 1.70. The summed E-state index contributed by atoms with van der Waals surface area (Å²) in [5.74, 6) is 0. The van der Waals surface area contributed by atoms with Crippen molar-refractivity contribution in [3.05, 3.63) is 35.9 Å². The average Bonchev–Trinajstić information content (AvgIpc) is 2.15. The summed E-state index contributed by atoms with van der Waals surface area (Å²) in [7, 11) is 0. The van der Waals surface area contributed by atoms with E-state index < -0.39 is 0 Å². The first-order valence-electron chi connectivity index (χ1n) is 5.32. The van der Waals surface area contributed by atoms with Crippen LogP contribution in [0.4, 0.5) is 0 Å². The average molecular weight is 190 g/mol. The van der Waals surface area contributed by atoms with E-state index in [0.717, 1.165) is 6.54 Å². The number of hydrogen-bond acceptors (Lipinski definition) is 1. The third kappa shape index (κ3) is 3.15. The number of nitrogens with zero attached hydrogens (tertiary/aromatic N) is 1. The fourth-order valence-corrected chi connectivity index (χ4v) is 1.70. The van der Waals surface area contributed by atoms with Crippen molar-refractivity contribution >= 4 is 0 Å². The van der Waals surface area contributed by atoms with E-state index in [2.05, 4.69) is 50.8 Å². The molecule has 0 heterocycles. The van der Waals surface area contributed by atoms with Gasteiger partial charge in [-0.1, -0.05) is 24.3 Å². The maximum atomic E-state index is 3.05. The summed E-state index contributed by atoms with van der Waals surface area (Å²) < 4.78 is 0. The summed E-state index contributed by atoms with van der Waals surface area (Å²) in [6.07, 6.45) is 0. The molecule has 14 heavy (non-hydrogen) atoms. The van der Waals surface area contributed by atoms with E-state index in [1.54, 1.807) is 0 Å². The number of benzene rings is 1. The van der Waals surface area contributed by atoms with Crippen molar-refractivity contribution in [1.82, 2.24) is 4.90 Å². The van der Waals surface area contributed by atoms with E-state index >= 15 is 0 Å². The zero-order valence-corrected chi connectivity index (χ0v) is 9.62. The topological polar surface area (TPSA) is 3.24 Å². The number of rotatable bonds is 4. The lowest BCUT2D eigenvalue weighted by Crippen LogP contribution is -2.36. The predicted molar refractivity (Wildman–Crippen MR) is 61.1 cm³/mol. The van der Waals surface area contributed by atoms with Crippen molar-refractivity contribution in [2.24, 2.45) is 0 Å². The quantitative estimate of drug-likeness (QED) is 0.705. The first kappa shape index (κ1) is 11.3. The zero-order valence-electron chi connectivity index (χ0n) is 9.62. The van der Waals surface area contributed by atoms with Gasteiger partial charge < -0.3 is 0 Å². The second-order valence-electron chi connectivity index (χ2n) is 4.27. The molecule has 0 fully saturated rings. The molecular formula is C13H20N. The minimum absolute atomic E-state index is 0.596. The lowest BCUT2D eigenvalue weighted by molar-refractivity contribution is 0.166. The smallest absolute Gasteiger partial charge is 0.0239 e. The molecule has 0 aliphatic carbocycles. The third-order valence-corrected chi connectivity index (χ3v) is 2.48. The van der Waals surface area contributed by atoms with Gasteiger partial charge in [-0.25, -0.2) is 0 Å². The van der Waals surface area contributed by atoms with Crippen LogP contribution in [0.2, 0.25) is 0 Å². The van der Waals surface area contributed by atoms with Gasteiger partial charge in [0.1, 0.15) is 0 Å². The second-order valence-corrected chi connectivity index (χ2v) is 4.27. The summed E-state index contributed by atoms with van der Waals surface area (Å²) in [5, 5.41) is 0. The molecule has 1 nitrogen and oxygen atoms in total. The van der Waals surface area contributed by atoms with Crippen LogP contribution in [0.3, 0.4) is 0 Å². The molecule has 0 amide bonds. The Kier molecular flexibility index (Phi) is 4.15. The van der Waals surface area contributed by atoms with Crippen molar-refractivity contribution in [3.63, 3.8) is 0 Å². The molecule has 0 aliphatic heterocycles. The Balaban J connectivity index is 2.65. The number of hydrogen-bond donors (Lipinski definition) is 0. The Morgan fingerprint density at radius 1 is 1.07 bits per heavy atom. The molecular weight excluding hydrogens is 170 g/mol. The van der Waals surface area contributed by atoms with Crippen LogP contribution in [-0.2, 0) is 6.54 Å². The molecule has 0 saturated carbocycles. The Morgan fingerprint density at radius 2 is 1.57 bits per heavy atom. The van der Waals surface area contributed by atoms with Gasteiger partial charge in [-0.15, -0.1) is 0 Å². The molecule has 77 valence electrons. The highest BCUT2D eigenvalue weighted by Crippen LogP contribution is 2.11. The van der Waals surface area contributed by atoms with Crippen LogP contribution in [0.15, 0.2) is 24.3 Å². The summed E-state index contributed by atoms with van der Waals surface area (Å²) in [5.41, 5.74) is 1.37. The maximum absolute atomic E-state index is 3.05. The third-order valence-electron chi connectivity index (χ3n) is 2.48. The van der Waals surface area contributed by atoms with Gasteiger partial charge in [-0.2, -0.15) is 0 Å². The van der Waals surface area contributed by atoms with Gasteiger partial charge in [0.2, 0.25) is 0 Å². The molecule has 0 aromatic heterocycles. The summed E-state index contributed by atoms with van der Waals surface area (Å²) in [6, 6.07) is 12.5. The molecule has 1 aromatic rings. The zero-order chi connectivity index (χ0) is 10.6. The minimum Gasteiger partial charge on any atom is -0.294 e. The van der Waals surface area contributed by atoms with Crippen molar-refractivity contribution in [3.8, 4) is 0 Å². The highest BCUT2D eigenvalue weighted by Gasteiger charge is 2.12. The predicted octanol–water partition coefficient (Wildman–Crippen LogP) is 3.11. The van der Waals surface area contributed by atoms with Crippen LogP contribution >= 0.6 is 0 Å². The van der Waals surface area contributed by atoms with Gasteiger partial charge in [-0.05, 0) is 39.3 Å². The van der Waals surface area contributed by atoms with E-state index in [1.807, 2.05) is 12.1 Å². The molecule has 0 unspecified atom stereocenters. The fraction of sp³-hybridized carbons (Fsp3) is 0.538. The van der Waals surface area contributed by atoms with Crippen LogP contribution in [0.25, 0.3) is 0 Å². The Labute approximate surface area is 87.7 Å². The van der Waals surface area contributed by atoms with Crippen molar-refractivity contribution < 1.29 is 0 Å². The molecule has 0 spiro atoms. The van der Waals surface area contributed by atoms with E-state index in [4.69, 9.17) is 0 Å². The van der Waals surface area contributed by atoms with Crippen LogP contribution in [0.1, 0.15) is 33.3 Å². The molecule has 1 radical (unpaired) electrons. The van der Waals surface area contributed by atoms with Gasteiger partial charge in [0.25, 0.3) is 0 Å². The molecule has 0 atom stereocenters. The van der Waals surface area contributed by atoms with Gasteiger partial charge in [0.05, 0.1) is 0 Å². The van der Waals surface area contributed by atoms with Gasteiger partial charge in [0.15, 0.2) is 0 Å². The van der Waals surface area contributed by atoms with Crippen LogP contribution in [0, 0.1) is 6.07 Å². The first-order chi connectivity index (χ1) is 6.61. The van der Waals surface area contributed by atoms with Crippen LogP contribution in [0.5, 0.6) is 0 Å². The van der Waals surface area contributed by atoms with Gasteiger partial charge in [-0.3, -0.25) is 4.90 Å². The Hall–Kier alpha value is -0.820. The largest absolute Gasteiger partial charge is 0.294 e. The second kappa shape index (κ2) is 5.16. The van der Waals surface area contributed by atoms with E-state index in [9.17, 15) is 0 Å². The molecule has 1 rings (SSSR count). The van der Waals surface area contributed by atoms with Crippen LogP contribution in [-0.4, -0.2) is 17.0 Å². The molecule has 1 heteroatoms. The van der Waals surface area contributed by atoms with E-state index in [0.29, 0.717) is 12.1 Å². The van der Waals surface area contributed by atoms with E-state index in [-0.39, 0.29) is 0 Å². The normalized spacial score (nSPS) is 11.6. The lowest BCUT2D eigenvalue weighted by Gasteiger charge is -2.30. The monoisotopic (exact) mass is 190 g/mol. The highest BCUT2D eigenvalue weighted by molar-refractivity contribution is 5.13. The van der Waals surface area contributed by atoms with Gasteiger partial charge in [0, 0.05) is 18.6 Å². The minimum atomic E-state index is 0.596. The van der Waals surface area contributed by atoms with Gasteiger partial charge >= 0.3 is 0 Å². The summed E-state index contributed by atoms with van der Waals surface area (Å²) in [6.45, 7) is 10.0. The SMILES string of the molecule is CC(C)N(Cc1cc[c]cc1)C(C)C. The molecule has 0 bridgehead atoms. The molecule has 0 saturated heterocycles. The standard InChI is InChI=1S/C13H20N/c1-11(2)14(12(3)4)10-13-8-6-5-7-9-13/h6-9,11-12H,10H2,1-4H3. The van der Waals surface area contributed by atoms with Crippen molar-refractivity contribution in [2.75, 3.05) is 0 Å². The molecule has 0 N–H and O–H groups in total. The first-order valence-corrected chi connectivity index (χ1v) is 5.32. The Bertz CT molecular complexity index is 243. The van der Waals surface area contributed by atoms with Crippen molar-refractivity contribution in [2.45, 2.75) is 46.3 Å². The summed E-state index contributed by atoms with van der Waals surface area (Å²) >= 11 is 0.